The van der Waals surface area contributed by atoms with Crippen molar-refractivity contribution in [2.75, 3.05) is 24.3 Å². The Bertz CT molecular complexity index is 1160. The molecular weight excluding hydrogens is 410 g/mol. The fraction of sp³-hybridized carbons (Fsp3) is 0.143. The van der Waals surface area contributed by atoms with Crippen LogP contribution in [0.5, 0.6) is 11.5 Å². The molecule has 6 nitrogen and oxygen atoms in total. The van der Waals surface area contributed by atoms with Gasteiger partial charge in [0.15, 0.2) is 11.5 Å². The molecule has 0 spiro atoms. The van der Waals surface area contributed by atoms with Crippen molar-refractivity contribution in [3.8, 4) is 11.5 Å². The minimum atomic E-state index is -0.310. The van der Waals surface area contributed by atoms with E-state index in [2.05, 4.69) is 10.3 Å². The summed E-state index contributed by atoms with van der Waals surface area (Å²) < 4.78 is 11.3. The number of aromatic nitrogens is 1. The van der Waals surface area contributed by atoms with Crippen molar-refractivity contribution in [3.05, 3.63) is 64.1 Å². The Labute approximate surface area is 176 Å². The second-order valence-corrected chi connectivity index (χ2v) is 7.81. The fourth-order valence-corrected chi connectivity index (χ4v) is 4.14. The van der Waals surface area contributed by atoms with Crippen LogP contribution in [0, 0.1) is 6.92 Å². The van der Waals surface area contributed by atoms with E-state index in [-0.39, 0.29) is 5.91 Å². The molecule has 1 amide bonds. The molecular formula is C21H18ClN3O3S. The first-order valence-electron chi connectivity index (χ1n) is 8.92. The SMILES string of the molecule is Cc1cc2c(cccc3c(N)c(C(=O)Nc4cccc(Cl)c4)sc3n1)OCCO2. The molecule has 29 heavy (non-hydrogen) atoms. The van der Waals surface area contributed by atoms with E-state index in [0.717, 1.165) is 5.69 Å². The van der Waals surface area contributed by atoms with Crippen molar-refractivity contribution in [1.29, 1.82) is 0 Å². The lowest BCUT2D eigenvalue weighted by Gasteiger charge is -2.16. The number of hydrogen-bond acceptors (Lipinski definition) is 6. The summed E-state index contributed by atoms with van der Waals surface area (Å²) in [5.41, 5.74) is 8.00. The Morgan fingerprint density at radius 2 is 1.90 bits per heavy atom. The summed E-state index contributed by atoms with van der Waals surface area (Å²) in [5, 5.41) is 4.06. The molecule has 148 valence electrons. The number of nitrogens with two attached hydrogens (primary N) is 1. The minimum absolute atomic E-state index is 0.310. The van der Waals surface area contributed by atoms with Crippen molar-refractivity contribution in [1.82, 2.24) is 4.98 Å². The number of nitrogen functional groups attached to an aromatic ring is 1. The quantitative estimate of drug-likeness (QED) is 0.601. The van der Waals surface area contributed by atoms with Gasteiger partial charge in [0, 0.05) is 27.9 Å². The van der Waals surface area contributed by atoms with Gasteiger partial charge in [-0.1, -0.05) is 23.7 Å². The van der Waals surface area contributed by atoms with Gasteiger partial charge in [0.05, 0.1) is 5.69 Å². The summed E-state index contributed by atoms with van der Waals surface area (Å²) in [7, 11) is 0. The van der Waals surface area contributed by atoms with Crippen molar-refractivity contribution in [2.24, 2.45) is 0 Å². The van der Waals surface area contributed by atoms with Crippen LogP contribution >= 0.6 is 22.9 Å². The lowest BCUT2D eigenvalue weighted by Crippen LogP contribution is -2.14. The van der Waals surface area contributed by atoms with Crippen LogP contribution in [-0.4, -0.2) is 24.1 Å². The van der Waals surface area contributed by atoms with Crippen molar-refractivity contribution < 1.29 is 14.3 Å². The Balaban J connectivity index is 1.79. The van der Waals surface area contributed by atoms with E-state index in [9.17, 15) is 4.79 Å². The normalized spacial score (nSPS) is 12.3. The zero-order valence-electron chi connectivity index (χ0n) is 15.6. The highest BCUT2D eigenvalue weighted by Crippen LogP contribution is 2.34. The third-order valence-electron chi connectivity index (χ3n) is 4.22. The summed E-state index contributed by atoms with van der Waals surface area (Å²) >= 11 is 7.23. The first-order valence-corrected chi connectivity index (χ1v) is 10.1. The zero-order chi connectivity index (χ0) is 20.4. The van der Waals surface area contributed by atoms with E-state index in [4.69, 9.17) is 26.8 Å². The zero-order valence-corrected chi connectivity index (χ0v) is 17.1. The Morgan fingerprint density at radius 3 is 2.69 bits per heavy atom. The number of benzene rings is 1. The highest BCUT2D eigenvalue weighted by molar-refractivity contribution is 7.21. The predicted octanol–water partition coefficient (Wildman–Crippen LogP) is 4.99. The topological polar surface area (TPSA) is 86.5 Å². The number of rotatable bonds is 2. The molecule has 2 aromatic heterocycles. The monoisotopic (exact) mass is 427 g/mol. The van der Waals surface area contributed by atoms with E-state index in [1.165, 1.54) is 11.3 Å². The Morgan fingerprint density at radius 1 is 1.14 bits per heavy atom. The van der Waals surface area contributed by atoms with Gasteiger partial charge in [0.1, 0.15) is 22.9 Å². The third kappa shape index (κ3) is 4.21. The maximum absolute atomic E-state index is 12.8. The van der Waals surface area contributed by atoms with Gasteiger partial charge >= 0.3 is 0 Å². The lowest BCUT2D eigenvalue weighted by molar-refractivity contribution is 0.103. The van der Waals surface area contributed by atoms with Crippen LogP contribution < -0.4 is 20.5 Å². The summed E-state index contributed by atoms with van der Waals surface area (Å²) in [4.78, 5) is 18.5. The molecule has 0 aliphatic carbocycles. The molecule has 3 aromatic rings. The standard InChI is InChI=1S/C21H18ClN3O3S/c1-12-10-17-16(27-8-9-28-17)7-3-6-15-18(23)19(29-21(15)24-12)20(26)25-14-5-2-4-13(22)11-14/h2-7,10-11H,8-9,23H2,1H3,(H,25,26). The third-order valence-corrected chi connectivity index (χ3v) is 5.57. The van der Waals surface area contributed by atoms with Gasteiger partial charge in [0.25, 0.3) is 5.91 Å². The van der Waals surface area contributed by atoms with Gasteiger partial charge in [-0.15, -0.1) is 11.3 Å². The van der Waals surface area contributed by atoms with Crippen LogP contribution in [0.25, 0.3) is 10.2 Å². The summed E-state index contributed by atoms with van der Waals surface area (Å²) in [6.45, 7) is 2.84. The van der Waals surface area contributed by atoms with Gasteiger partial charge < -0.3 is 20.5 Å². The summed E-state index contributed by atoms with van der Waals surface area (Å²) in [6.07, 6.45) is 0. The van der Waals surface area contributed by atoms with Gasteiger partial charge in [-0.2, -0.15) is 0 Å². The Kier molecular flexibility index (Phi) is 5.42. The van der Waals surface area contributed by atoms with E-state index in [1.807, 2.05) is 31.2 Å². The Hall–Kier alpha value is -3.03. The number of aryl methyl sites for hydroxylation is 1. The van der Waals surface area contributed by atoms with Gasteiger partial charge in [-0.3, -0.25) is 4.79 Å². The average Bonchev–Trinajstić information content (AvgIpc) is 2.99. The van der Waals surface area contributed by atoms with Crippen LogP contribution in [0.3, 0.4) is 0 Å². The smallest absolute Gasteiger partial charge is 0.267 e. The van der Waals surface area contributed by atoms with Crippen molar-refractivity contribution >= 4 is 50.4 Å². The number of carbonyl (C=O) groups excluding carboxylic acids is 1. The van der Waals surface area contributed by atoms with Gasteiger partial charge in [-0.25, -0.2) is 4.98 Å². The molecule has 1 aromatic carbocycles. The number of hydrogen-bond donors (Lipinski definition) is 2. The number of anilines is 2. The first kappa shape index (κ1) is 19.3. The molecule has 4 rings (SSSR count). The molecule has 1 aliphatic rings. The van der Waals surface area contributed by atoms with Gasteiger partial charge in [-0.05, 0) is 37.3 Å². The minimum Gasteiger partial charge on any atom is -0.486 e. The molecule has 1 aliphatic heterocycles. The predicted molar refractivity (Wildman–Crippen MR) is 117 cm³/mol. The summed E-state index contributed by atoms with van der Waals surface area (Å²) in [5.74, 6) is 0.961. The first-order chi connectivity index (χ1) is 14.0. The van der Waals surface area contributed by atoms with E-state index in [0.29, 0.717) is 56.2 Å². The number of thiophene rings is 1. The molecule has 0 atom stereocenters. The lowest BCUT2D eigenvalue weighted by atomic mass is 10.2. The average molecular weight is 428 g/mol. The van der Waals surface area contributed by atoms with Crippen molar-refractivity contribution in [3.63, 3.8) is 0 Å². The highest BCUT2D eigenvalue weighted by Gasteiger charge is 2.17. The molecule has 0 saturated heterocycles. The van der Waals surface area contributed by atoms with Crippen molar-refractivity contribution in [2.45, 2.75) is 6.92 Å². The van der Waals surface area contributed by atoms with Crippen LogP contribution in [0.2, 0.25) is 5.02 Å². The summed E-state index contributed by atoms with van der Waals surface area (Å²) in [6, 6.07) is 14.2. The molecule has 0 unspecified atom stereocenters. The number of nitrogens with one attached hydrogen (secondary N) is 1. The van der Waals surface area contributed by atoms with Crippen LogP contribution in [0.15, 0.2) is 48.5 Å². The molecule has 3 heterocycles. The molecule has 0 radical (unpaired) electrons. The number of nitrogens with zero attached hydrogens (tertiary/aromatic N) is 1. The number of amides is 1. The van der Waals surface area contributed by atoms with E-state index >= 15 is 0 Å². The number of halogens is 1. The molecule has 8 heteroatoms. The molecule has 0 saturated carbocycles. The molecule has 0 bridgehead atoms. The van der Waals surface area contributed by atoms with E-state index in [1.54, 1.807) is 24.3 Å². The van der Waals surface area contributed by atoms with Crippen LogP contribution in [-0.2, 0) is 0 Å². The maximum Gasteiger partial charge on any atom is 0.267 e. The van der Waals surface area contributed by atoms with E-state index < -0.39 is 0 Å². The molecule has 0 fully saturated rings. The highest BCUT2D eigenvalue weighted by atomic mass is 35.5. The maximum atomic E-state index is 12.8. The van der Waals surface area contributed by atoms with Crippen LogP contribution in [0.1, 0.15) is 15.4 Å². The number of carbonyl (C=O) groups is 1. The largest absolute Gasteiger partial charge is 0.486 e. The number of fused-ring (bicyclic) bond motifs is 2. The fourth-order valence-electron chi connectivity index (χ4n) is 2.91. The second kappa shape index (κ2) is 8.14. The second-order valence-electron chi connectivity index (χ2n) is 6.38. The van der Waals surface area contributed by atoms with Gasteiger partial charge in [0.2, 0.25) is 0 Å². The molecule has 3 N–H and O–H groups in total. The number of ether oxygens (including phenoxy) is 2. The van der Waals surface area contributed by atoms with Crippen LogP contribution in [0.4, 0.5) is 11.4 Å².